The maximum atomic E-state index is 8.86. The number of rotatable bonds is 7. The number of ether oxygens (including phenoxy) is 1. The number of allylic oxidation sites excluding steroid dienone is 1. The van der Waals surface area contributed by atoms with Gasteiger partial charge < -0.3 is 9.64 Å². The number of anilines is 1. The molecule has 2 rings (SSSR count). The van der Waals surface area contributed by atoms with Crippen molar-refractivity contribution in [1.82, 2.24) is 4.98 Å². The lowest BCUT2D eigenvalue weighted by Crippen LogP contribution is -2.23. The minimum absolute atomic E-state index is 0.674. The van der Waals surface area contributed by atoms with Gasteiger partial charge in [-0.2, -0.15) is 5.26 Å². The molecule has 0 bridgehead atoms. The fraction of sp³-hybridized carbons (Fsp3) is 0.300. The number of nitriles is 1. The lowest BCUT2D eigenvalue weighted by Gasteiger charge is -2.17. The summed E-state index contributed by atoms with van der Waals surface area (Å²) in [6.07, 6.45) is 3.97. The zero-order valence-electron chi connectivity index (χ0n) is 14.5. The molecule has 4 heteroatoms. The lowest BCUT2D eigenvalue weighted by molar-refractivity contribution is 0.154. The van der Waals surface area contributed by atoms with Crippen molar-refractivity contribution in [3.63, 3.8) is 0 Å². The molecule has 0 saturated carbocycles. The summed E-state index contributed by atoms with van der Waals surface area (Å²) < 4.78 is 5.37. The zero-order valence-corrected chi connectivity index (χ0v) is 14.5. The Labute approximate surface area is 144 Å². The van der Waals surface area contributed by atoms with E-state index in [-0.39, 0.29) is 0 Å². The van der Waals surface area contributed by atoms with E-state index in [0.29, 0.717) is 12.2 Å². The Balaban J connectivity index is 2.05. The molecule has 0 spiro atoms. The Bertz CT molecular complexity index is 712. The van der Waals surface area contributed by atoms with Gasteiger partial charge in [-0.15, -0.1) is 0 Å². The number of benzene rings is 1. The van der Waals surface area contributed by atoms with Crippen molar-refractivity contribution < 1.29 is 4.74 Å². The molecular weight excluding hydrogens is 298 g/mol. The number of hydrogen-bond acceptors (Lipinski definition) is 4. The summed E-state index contributed by atoms with van der Waals surface area (Å²) in [6.45, 7) is 6.31. The van der Waals surface area contributed by atoms with Crippen molar-refractivity contribution in [3.05, 3.63) is 59.3 Å². The fourth-order valence-electron chi connectivity index (χ4n) is 2.31. The van der Waals surface area contributed by atoms with Crippen molar-refractivity contribution in [2.24, 2.45) is 0 Å². The second kappa shape index (κ2) is 8.85. The van der Waals surface area contributed by atoms with Gasteiger partial charge in [0.1, 0.15) is 5.82 Å². The maximum absolute atomic E-state index is 8.86. The summed E-state index contributed by atoms with van der Waals surface area (Å²) in [7, 11) is 2.01. The predicted molar refractivity (Wildman–Crippen MR) is 98.7 cm³/mol. The topological polar surface area (TPSA) is 49.1 Å². The van der Waals surface area contributed by atoms with Crippen LogP contribution in [-0.2, 0) is 4.74 Å². The summed E-state index contributed by atoms with van der Waals surface area (Å²) in [4.78, 5) is 6.59. The molecule has 24 heavy (non-hydrogen) atoms. The first-order chi connectivity index (χ1) is 11.6. The van der Waals surface area contributed by atoms with Gasteiger partial charge in [-0.25, -0.2) is 4.98 Å². The standard InChI is InChI=1S/C20H23N3O/c1-4-24-12-11-23(3)20-10-7-18(15-22-20)13-16(2)19-8-5-17(14-21)6-9-19/h5-10,13,15H,4,11-12H2,1-3H3/b16-13+. The van der Waals surface area contributed by atoms with Crippen LogP contribution in [0.25, 0.3) is 11.6 Å². The Morgan fingerprint density at radius 1 is 1.25 bits per heavy atom. The van der Waals surface area contributed by atoms with Crippen LogP contribution in [0.4, 0.5) is 5.82 Å². The molecule has 0 N–H and O–H groups in total. The molecule has 0 aliphatic carbocycles. The van der Waals surface area contributed by atoms with Crippen molar-refractivity contribution in [1.29, 1.82) is 5.26 Å². The van der Waals surface area contributed by atoms with E-state index in [1.165, 1.54) is 0 Å². The van der Waals surface area contributed by atoms with Gasteiger partial charge in [0.25, 0.3) is 0 Å². The third kappa shape index (κ3) is 4.94. The van der Waals surface area contributed by atoms with E-state index in [1.807, 2.05) is 50.5 Å². The number of nitrogens with zero attached hydrogens (tertiary/aromatic N) is 3. The highest BCUT2D eigenvalue weighted by Crippen LogP contribution is 2.19. The number of aromatic nitrogens is 1. The quantitative estimate of drug-likeness (QED) is 0.724. The number of pyridine rings is 1. The molecule has 4 nitrogen and oxygen atoms in total. The van der Waals surface area contributed by atoms with E-state index in [9.17, 15) is 0 Å². The summed E-state index contributed by atoms with van der Waals surface area (Å²) in [5.74, 6) is 0.933. The van der Waals surface area contributed by atoms with Crippen molar-refractivity contribution in [2.45, 2.75) is 13.8 Å². The average Bonchev–Trinajstić information content (AvgIpc) is 2.62. The Kier molecular flexibility index (Phi) is 6.53. The Morgan fingerprint density at radius 3 is 2.58 bits per heavy atom. The van der Waals surface area contributed by atoms with Gasteiger partial charge in [-0.05, 0) is 60.9 Å². The normalized spacial score (nSPS) is 11.2. The molecular formula is C20H23N3O. The summed E-state index contributed by atoms with van der Waals surface area (Å²) >= 11 is 0. The predicted octanol–water partition coefficient (Wildman–Crippen LogP) is 3.99. The van der Waals surface area contributed by atoms with Gasteiger partial charge in [0, 0.05) is 26.4 Å². The van der Waals surface area contributed by atoms with Crippen LogP contribution < -0.4 is 4.90 Å². The molecule has 0 aliphatic heterocycles. The lowest BCUT2D eigenvalue weighted by atomic mass is 10.0. The second-order valence-electron chi connectivity index (χ2n) is 5.58. The minimum atomic E-state index is 0.674. The molecule has 0 unspecified atom stereocenters. The number of hydrogen-bond donors (Lipinski definition) is 0. The summed E-state index contributed by atoms with van der Waals surface area (Å²) in [5.41, 5.74) is 3.97. The van der Waals surface area contributed by atoms with Crippen molar-refractivity contribution in [3.8, 4) is 6.07 Å². The van der Waals surface area contributed by atoms with Crippen LogP contribution in [0.3, 0.4) is 0 Å². The Morgan fingerprint density at radius 2 is 2.00 bits per heavy atom. The van der Waals surface area contributed by atoms with Crippen molar-refractivity contribution >= 4 is 17.5 Å². The monoisotopic (exact) mass is 321 g/mol. The molecule has 1 aromatic heterocycles. The smallest absolute Gasteiger partial charge is 0.128 e. The molecule has 0 amide bonds. The van der Waals surface area contributed by atoms with Crippen LogP contribution in [0.1, 0.15) is 30.5 Å². The van der Waals surface area contributed by atoms with E-state index >= 15 is 0 Å². The van der Waals surface area contributed by atoms with E-state index < -0.39 is 0 Å². The number of likely N-dealkylation sites (N-methyl/N-ethyl adjacent to an activating group) is 1. The molecule has 0 radical (unpaired) electrons. The molecule has 0 fully saturated rings. The van der Waals surface area contributed by atoms with Crippen LogP contribution in [0.5, 0.6) is 0 Å². The van der Waals surface area contributed by atoms with Gasteiger partial charge in [-0.3, -0.25) is 0 Å². The van der Waals surface area contributed by atoms with Gasteiger partial charge in [0.05, 0.1) is 18.2 Å². The fourth-order valence-corrected chi connectivity index (χ4v) is 2.31. The highest BCUT2D eigenvalue weighted by Gasteiger charge is 2.02. The first kappa shape index (κ1) is 17.7. The minimum Gasteiger partial charge on any atom is -0.380 e. The van der Waals surface area contributed by atoms with Crippen LogP contribution in [0, 0.1) is 11.3 Å². The summed E-state index contributed by atoms with van der Waals surface area (Å²) in [5, 5.41) is 8.86. The molecule has 1 aromatic carbocycles. The SMILES string of the molecule is CCOCCN(C)c1ccc(/C=C(\C)c2ccc(C#N)cc2)cn1. The van der Waals surface area contributed by atoms with E-state index in [2.05, 4.69) is 35.0 Å². The summed E-state index contributed by atoms with van der Waals surface area (Å²) in [6, 6.07) is 13.8. The van der Waals surface area contributed by atoms with Crippen LogP contribution in [0.2, 0.25) is 0 Å². The zero-order chi connectivity index (χ0) is 17.4. The van der Waals surface area contributed by atoms with Gasteiger partial charge in [0.2, 0.25) is 0 Å². The highest BCUT2D eigenvalue weighted by molar-refractivity contribution is 5.80. The van der Waals surface area contributed by atoms with E-state index in [0.717, 1.165) is 35.7 Å². The molecule has 1 heterocycles. The average molecular weight is 321 g/mol. The second-order valence-corrected chi connectivity index (χ2v) is 5.58. The van der Waals surface area contributed by atoms with E-state index in [4.69, 9.17) is 10.00 Å². The van der Waals surface area contributed by atoms with Crippen LogP contribution >= 0.6 is 0 Å². The first-order valence-corrected chi connectivity index (χ1v) is 8.07. The highest BCUT2D eigenvalue weighted by atomic mass is 16.5. The van der Waals surface area contributed by atoms with Crippen molar-refractivity contribution in [2.75, 3.05) is 31.7 Å². The third-order valence-corrected chi connectivity index (χ3v) is 3.79. The van der Waals surface area contributed by atoms with Gasteiger partial charge >= 0.3 is 0 Å². The third-order valence-electron chi connectivity index (χ3n) is 3.79. The molecule has 124 valence electrons. The van der Waals surface area contributed by atoms with Crippen LogP contribution in [0.15, 0.2) is 42.6 Å². The molecule has 0 aliphatic rings. The van der Waals surface area contributed by atoms with E-state index in [1.54, 1.807) is 0 Å². The molecule has 0 atom stereocenters. The Hall–Kier alpha value is -2.64. The molecule has 2 aromatic rings. The first-order valence-electron chi connectivity index (χ1n) is 8.07. The van der Waals surface area contributed by atoms with Gasteiger partial charge in [-0.1, -0.05) is 12.1 Å². The van der Waals surface area contributed by atoms with Crippen LogP contribution in [-0.4, -0.2) is 31.8 Å². The largest absolute Gasteiger partial charge is 0.380 e. The van der Waals surface area contributed by atoms with Gasteiger partial charge in [0.15, 0.2) is 0 Å². The maximum Gasteiger partial charge on any atom is 0.128 e. The molecule has 0 saturated heterocycles.